The third-order valence-electron chi connectivity index (χ3n) is 4.65. The highest BCUT2D eigenvalue weighted by Gasteiger charge is 2.19. The molecule has 5 nitrogen and oxygen atoms in total. The maximum atomic E-state index is 12.4. The molecule has 0 saturated heterocycles. The quantitative estimate of drug-likeness (QED) is 0.729. The van der Waals surface area contributed by atoms with Gasteiger partial charge in [-0.2, -0.15) is 0 Å². The van der Waals surface area contributed by atoms with Crippen molar-refractivity contribution in [3.63, 3.8) is 0 Å². The van der Waals surface area contributed by atoms with Gasteiger partial charge < -0.3 is 15.2 Å². The predicted octanol–water partition coefficient (Wildman–Crippen LogP) is 4.22. The standard InChI is InChI=1S/C20H19ClN4O/c21-16-5-3-14(4-6-16)12-24-20(26)25-10-7-15(8-11-25)18-13-23-19-17(18)2-1-9-22-19/h1-7,9,13H,8,10-12H2,(H,22,23)(H,24,26). The number of benzene rings is 1. The van der Waals surface area contributed by atoms with Crippen molar-refractivity contribution in [2.75, 3.05) is 13.1 Å². The summed E-state index contributed by atoms with van der Waals surface area (Å²) in [6, 6.07) is 11.5. The minimum absolute atomic E-state index is 0.0455. The van der Waals surface area contributed by atoms with Gasteiger partial charge in [-0.25, -0.2) is 9.78 Å². The van der Waals surface area contributed by atoms with Crippen molar-refractivity contribution in [1.82, 2.24) is 20.2 Å². The van der Waals surface area contributed by atoms with Crippen LogP contribution < -0.4 is 5.32 Å². The van der Waals surface area contributed by atoms with Gasteiger partial charge in [0.1, 0.15) is 5.65 Å². The summed E-state index contributed by atoms with van der Waals surface area (Å²) in [5, 5.41) is 4.79. The molecule has 0 atom stereocenters. The molecule has 1 aromatic carbocycles. The van der Waals surface area contributed by atoms with Gasteiger partial charge in [-0.1, -0.05) is 29.8 Å². The highest BCUT2D eigenvalue weighted by molar-refractivity contribution is 6.30. The van der Waals surface area contributed by atoms with E-state index in [1.54, 1.807) is 6.20 Å². The molecule has 132 valence electrons. The lowest BCUT2D eigenvalue weighted by atomic mass is 10.00. The van der Waals surface area contributed by atoms with Crippen LogP contribution in [0.3, 0.4) is 0 Å². The zero-order valence-corrected chi connectivity index (χ0v) is 15.0. The molecular weight excluding hydrogens is 348 g/mol. The number of amides is 2. The molecule has 0 aliphatic carbocycles. The number of aromatic nitrogens is 2. The van der Waals surface area contributed by atoms with Gasteiger partial charge >= 0.3 is 6.03 Å². The number of urea groups is 1. The van der Waals surface area contributed by atoms with Crippen molar-refractivity contribution < 1.29 is 4.79 Å². The minimum atomic E-state index is -0.0455. The Morgan fingerprint density at radius 1 is 1.27 bits per heavy atom. The van der Waals surface area contributed by atoms with E-state index in [9.17, 15) is 4.79 Å². The van der Waals surface area contributed by atoms with E-state index in [0.29, 0.717) is 24.7 Å². The van der Waals surface area contributed by atoms with Gasteiger partial charge in [0, 0.05) is 48.0 Å². The Morgan fingerprint density at radius 2 is 2.12 bits per heavy atom. The molecule has 0 radical (unpaired) electrons. The molecule has 2 N–H and O–H groups in total. The van der Waals surface area contributed by atoms with Gasteiger partial charge in [0.05, 0.1) is 0 Å². The lowest BCUT2D eigenvalue weighted by Crippen LogP contribution is -2.41. The molecule has 3 heterocycles. The van der Waals surface area contributed by atoms with Gasteiger partial charge in [0.25, 0.3) is 0 Å². The van der Waals surface area contributed by atoms with Crippen LogP contribution in [0.4, 0.5) is 4.79 Å². The van der Waals surface area contributed by atoms with Crippen LogP contribution in [0, 0.1) is 0 Å². The van der Waals surface area contributed by atoms with E-state index in [1.165, 1.54) is 11.1 Å². The van der Waals surface area contributed by atoms with E-state index in [0.717, 1.165) is 23.0 Å². The Kier molecular flexibility index (Phi) is 4.63. The monoisotopic (exact) mass is 366 g/mol. The first-order chi connectivity index (χ1) is 12.7. The molecule has 1 aliphatic heterocycles. The normalized spacial score (nSPS) is 14.3. The fourth-order valence-electron chi connectivity index (χ4n) is 3.21. The molecule has 4 rings (SSSR count). The number of H-pyrrole nitrogens is 1. The summed E-state index contributed by atoms with van der Waals surface area (Å²) < 4.78 is 0. The Balaban J connectivity index is 1.39. The second-order valence-electron chi connectivity index (χ2n) is 6.31. The summed E-state index contributed by atoms with van der Waals surface area (Å²) in [6.45, 7) is 1.80. The fraction of sp³-hybridized carbons (Fsp3) is 0.200. The maximum absolute atomic E-state index is 12.4. The van der Waals surface area contributed by atoms with E-state index in [2.05, 4.69) is 27.4 Å². The average Bonchev–Trinajstić information content (AvgIpc) is 3.11. The zero-order chi connectivity index (χ0) is 17.9. The van der Waals surface area contributed by atoms with Crippen LogP contribution in [0.5, 0.6) is 0 Å². The molecule has 3 aromatic rings. The van der Waals surface area contributed by atoms with Gasteiger partial charge in [-0.15, -0.1) is 0 Å². The van der Waals surface area contributed by atoms with Crippen LogP contribution in [0.25, 0.3) is 16.6 Å². The Labute approximate surface area is 156 Å². The molecule has 0 spiro atoms. The SMILES string of the molecule is O=C(NCc1ccc(Cl)cc1)N1CC=C(c2c[nH]c3ncccc23)CC1. The number of rotatable bonds is 3. The van der Waals surface area contributed by atoms with Crippen molar-refractivity contribution >= 4 is 34.2 Å². The van der Waals surface area contributed by atoms with Crippen molar-refractivity contribution in [1.29, 1.82) is 0 Å². The molecule has 2 amide bonds. The first kappa shape index (κ1) is 16.7. The first-order valence-corrected chi connectivity index (χ1v) is 8.97. The second kappa shape index (κ2) is 7.22. The Hall–Kier alpha value is -2.79. The molecule has 2 aromatic heterocycles. The number of fused-ring (bicyclic) bond motifs is 1. The summed E-state index contributed by atoms with van der Waals surface area (Å²) in [6.07, 6.45) is 6.74. The molecule has 0 saturated carbocycles. The third-order valence-corrected chi connectivity index (χ3v) is 4.90. The highest BCUT2D eigenvalue weighted by Crippen LogP contribution is 2.28. The van der Waals surface area contributed by atoms with Crippen LogP contribution in [-0.4, -0.2) is 34.0 Å². The lowest BCUT2D eigenvalue weighted by Gasteiger charge is -2.26. The van der Waals surface area contributed by atoms with Crippen molar-refractivity contribution in [3.05, 3.63) is 71.0 Å². The van der Waals surface area contributed by atoms with E-state index >= 15 is 0 Å². The van der Waals surface area contributed by atoms with Crippen LogP contribution in [0.15, 0.2) is 54.9 Å². The number of aromatic amines is 1. The van der Waals surface area contributed by atoms with E-state index in [4.69, 9.17) is 11.6 Å². The number of hydrogen-bond donors (Lipinski definition) is 2. The van der Waals surface area contributed by atoms with Crippen LogP contribution in [0.2, 0.25) is 5.02 Å². The van der Waals surface area contributed by atoms with Gasteiger partial charge in [0.15, 0.2) is 0 Å². The number of carbonyl (C=O) groups is 1. The number of nitrogens with one attached hydrogen (secondary N) is 2. The smallest absolute Gasteiger partial charge is 0.317 e. The van der Waals surface area contributed by atoms with Crippen molar-refractivity contribution in [2.24, 2.45) is 0 Å². The zero-order valence-electron chi connectivity index (χ0n) is 14.2. The predicted molar refractivity (Wildman–Crippen MR) is 104 cm³/mol. The summed E-state index contributed by atoms with van der Waals surface area (Å²) in [5.41, 5.74) is 4.36. The number of hydrogen-bond acceptors (Lipinski definition) is 2. The largest absolute Gasteiger partial charge is 0.346 e. The maximum Gasteiger partial charge on any atom is 0.317 e. The minimum Gasteiger partial charge on any atom is -0.346 e. The van der Waals surface area contributed by atoms with Gasteiger partial charge in [-0.05, 0) is 41.8 Å². The van der Waals surface area contributed by atoms with Crippen LogP contribution in [-0.2, 0) is 6.54 Å². The molecule has 0 fully saturated rings. The number of nitrogens with zero attached hydrogens (tertiary/aromatic N) is 2. The lowest BCUT2D eigenvalue weighted by molar-refractivity contribution is 0.202. The van der Waals surface area contributed by atoms with E-state index < -0.39 is 0 Å². The van der Waals surface area contributed by atoms with Crippen LogP contribution >= 0.6 is 11.6 Å². The Morgan fingerprint density at radius 3 is 2.88 bits per heavy atom. The summed E-state index contributed by atoms with van der Waals surface area (Å²) in [7, 11) is 0. The number of carbonyl (C=O) groups excluding carboxylic acids is 1. The summed E-state index contributed by atoms with van der Waals surface area (Å²) in [4.78, 5) is 21.8. The second-order valence-corrected chi connectivity index (χ2v) is 6.75. The van der Waals surface area contributed by atoms with E-state index in [-0.39, 0.29) is 6.03 Å². The molecule has 0 unspecified atom stereocenters. The van der Waals surface area contributed by atoms with Gasteiger partial charge in [0.2, 0.25) is 0 Å². The third kappa shape index (κ3) is 3.44. The molecule has 6 heteroatoms. The first-order valence-electron chi connectivity index (χ1n) is 8.59. The number of pyridine rings is 1. The van der Waals surface area contributed by atoms with Crippen LogP contribution in [0.1, 0.15) is 17.5 Å². The van der Waals surface area contributed by atoms with Crippen molar-refractivity contribution in [2.45, 2.75) is 13.0 Å². The molecule has 26 heavy (non-hydrogen) atoms. The van der Waals surface area contributed by atoms with Gasteiger partial charge in [-0.3, -0.25) is 0 Å². The molecule has 1 aliphatic rings. The summed E-state index contributed by atoms with van der Waals surface area (Å²) >= 11 is 5.88. The Bertz CT molecular complexity index is 961. The molecular formula is C20H19ClN4O. The fourth-order valence-corrected chi connectivity index (χ4v) is 3.34. The van der Waals surface area contributed by atoms with E-state index in [1.807, 2.05) is 41.4 Å². The summed E-state index contributed by atoms with van der Waals surface area (Å²) in [5.74, 6) is 0. The average molecular weight is 367 g/mol. The van der Waals surface area contributed by atoms with Crippen molar-refractivity contribution in [3.8, 4) is 0 Å². The molecule has 0 bridgehead atoms. The number of halogens is 1. The highest BCUT2D eigenvalue weighted by atomic mass is 35.5. The topological polar surface area (TPSA) is 61.0 Å².